The van der Waals surface area contributed by atoms with Gasteiger partial charge in [-0.15, -0.1) is 0 Å². The van der Waals surface area contributed by atoms with Gasteiger partial charge in [-0.2, -0.15) is 0 Å². The molecule has 0 saturated carbocycles. The number of nitrogens with one attached hydrogen (secondary N) is 1. The van der Waals surface area contributed by atoms with Gasteiger partial charge in [0.15, 0.2) is 0 Å². The van der Waals surface area contributed by atoms with Gasteiger partial charge in [0.05, 0.1) is 12.8 Å². The Labute approximate surface area is 139 Å². The standard InChI is InChI=1S/C14H19BrN2O4S/c1-14(2,3)21-13(18)17-7-9-5-10(16-22(4,19)20)6-12(15)11(9)8-17/h5-6,16H,7-8H2,1-4H3. The molecule has 0 atom stereocenters. The molecule has 0 bridgehead atoms. The lowest BCUT2D eigenvalue weighted by Gasteiger charge is -2.24. The van der Waals surface area contributed by atoms with Crippen molar-refractivity contribution in [2.24, 2.45) is 0 Å². The number of halogens is 1. The molecule has 22 heavy (non-hydrogen) atoms. The number of benzene rings is 1. The minimum Gasteiger partial charge on any atom is -0.444 e. The Morgan fingerprint density at radius 1 is 1.32 bits per heavy atom. The smallest absolute Gasteiger partial charge is 0.410 e. The fourth-order valence-corrected chi connectivity index (χ4v) is 3.37. The largest absolute Gasteiger partial charge is 0.444 e. The second-order valence-electron chi connectivity index (χ2n) is 6.31. The van der Waals surface area contributed by atoms with Gasteiger partial charge in [0.25, 0.3) is 0 Å². The molecular weight excluding hydrogens is 372 g/mol. The molecule has 0 unspecified atom stereocenters. The van der Waals surface area contributed by atoms with Gasteiger partial charge in [-0.25, -0.2) is 13.2 Å². The number of amides is 1. The summed E-state index contributed by atoms with van der Waals surface area (Å²) in [6.07, 6.45) is 0.717. The molecule has 1 aliphatic rings. The number of fused-ring (bicyclic) bond motifs is 1. The molecule has 8 heteroatoms. The summed E-state index contributed by atoms with van der Waals surface area (Å²) in [5.74, 6) is 0. The van der Waals surface area contributed by atoms with E-state index in [1.807, 2.05) is 20.8 Å². The highest BCUT2D eigenvalue weighted by atomic mass is 79.9. The number of carbonyl (C=O) groups excluding carboxylic acids is 1. The van der Waals surface area contributed by atoms with Crippen molar-refractivity contribution >= 4 is 37.7 Å². The van der Waals surface area contributed by atoms with Crippen LogP contribution in [0.15, 0.2) is 16.6 Å². The van der Waals surface area contributed by atoms with Crippen LogP contribution in [-0.4, -0.2) is 31.3 Å². The van der Waals surface area contributed by atoms with Crippen LogP contribution in [-0.2, 0) is 27.8 Å². The molecule has 1 heterocycles. The van der Waals surface area contributed by atoms with Crippen molar-refractivity contribution in [1.29, 1.82) is 0 Å². The molecule has 0 aromatic heterocycles. The molecule has 1 N–H and O–H groups in total. The van der Waals surface area contributed by atoms with Gasteiger partial charge >= 0.3 is 6.09 Å². The van der Waals surface area contributed by atoms with Gasteiger partial charge < -0.3 is 4.74 Å². The van der Waals surface area contributed by atoms with Crippen molar-refractivity contribution in [2.75, 3.05) is 11.0 Å². The normalized spacial score (nSPS) is 14.7. The molecule has 6 nitrogen and oxygen atoms in total. The number of hydrogen-bond donors (Lipinski definition) is 1. The number of carbonyl (C=O) groups is 1. The maximum atomic E-state index is 12.1. The Bertz CT molecular complexity index is 710. The van der Waals surface area contributed by atoms with Gasteiger partial charge in [0.1, 0.15) is 5.60 Å². The van der Waals surface area contributed by atoms with Crippen molar-refractivity contribution in [2.45, 2.75) is 39.5 Å². The molecule has 1 aliphatic heterocycles. The van der Waals surface area contributed by atoms with Crippen LogP contribution < -0.4 is 4.72 Å². The summed E-state index contributed by atoms with van der Waals surface area (Å²) < 4.78 is 31.2. The van der Waals surface area contributed by atoms with Crippen molar-refractivity contribution in [3.8, 4) is 0 Å². The predicted octanol–water partition coefficient (Wildman–Crippen LogP) is 3.07. The average Bonchev–Trinajstić information content (AvgIpc) is 2.68. The third kappa shape index (κ3) is 4.36. The maximum Gasteiger partial charge on any atom is 0.410 e. The number of rotatable bonds is 2. The second-order valence-corrected chi connectivity index (χ2v) is 8.91. The molecule has 0 aliphatic carbocycles. The molecule has 2 rings (SSSR count). The Morgan fingerprint density at radius 3 is 2.50 bits per heavy atom. The zero-order chi connectivity index (χ0) is 16.7. The van der Waals surface area contributed by atoms with E-state index in [-0.39, 0.29) is 6.09 Å². The molecule has 0 radical (unpaired) electrons. The first-order valence-corrected chi connectivity index (χ1v) is 9.40. The summed E-state index contributed by atoms with van der Waals surface area (Å²) in [5, 5.41) is 0. The van der Waals surface area contributed by atoms with Crippen LogP contribution >= 0.6 is 15.9 Å². The van der Waals surface area contributed by atoms with E-state index in [9.17, 15) is 13.2 Å². The van der Waals surface area contributed by atoms with E-state index >= 15 is 0 Å². The van der Waals surface area contributed by atoms with Gasteiger partial charge in [0, 0.05) is 16.7 Å². The van der Waals surface area contributed by atoms with Crippen molar-refractivity contribution < 1.29 is 17.9 Å². The van der Waals surface area contributed by atoms with Gasteiger partial charge in [0.2, 0.25) is 10.0 Å². The zero-order valence-electron chi connectivity index (χ0n) is 12.9. The Balaban J connectivity index is 2.20. The SMILES string of the molecule is CC(C)(C)OC(=O)N1Cc2cc(NS(C)(=O)=O)cc(Br)c2C1. The monoisotopic (exact) mass is 390 g/mol. The lowest BCUT2D eigenvalue weighted by molar-refractivity contribution is 0.0241. The van der Waals surface area contributed by atoms with Crippen molar-refractivity contribution in [3.63, 3.8) is 0 Å². The molecule has 0 saturated heterocycles. The van der Waals surface area contributed by atoms with E-state index in [2.05, 4.69) is 20.7 Å². The average molecular weight is 391 g/mol. The van der Waals surface area contributed by atoms with Crippen LogP contribution in [0.1, 0.15) is 31.9 Å². The third-order valence-electron chi connectivity index (χ3n) is 2.95. The molecule has 1 aromatic carbocycles. The Morgan fingerprint density at radius 2 is 1.95 bits per heavy atom. The van der Waals surface area contributed by atoms with E-state index in [0.29, 0.717) is 18.8 Å². The number of nitrogens with zero attached hydrogens (tertiary/aromatic N) is 1. The lowest BCUT2D eigenvalue weighted by Crippen LogP contribution is -2.33. The predicted molar refractivity (Wildman–Crippen MR) is 88.1 cm³/mol. The number of sulfonamides is 1. The molecule has 0 fully saturated rings. The van der Waals surface area contributed by atoms with Crippen LogP contribution in [0.25, 0.3) is 0 Å². The highest BCUT2D eigenvalue weighted by Crippen LogP contribution is 2.33. The van der Waals surface area contributed by atoms with E-state index < -0.39 is 15.6 Å². The van der Waals surface area contributed by atoms with E-state index in [1.54, 1.807) is 17.0 Å². The summed E-state index contributed by atoms with van der Waals surface area (Å²) in [6, 6.07) is 3.43. The number of hydrogen-bond acceptors (Lipinski definition) is 4. The van der Waals surface area contributed by atoms with Crippen LogP contribution in [0.5, 0.6) is 0 Å². The minimum atomic E-state index is -3.34. The van der Waals surface area contributed by atoms with Gasteiger partial charge in [-0.3, -0.25) is 9.62 Å². The summed E-state index contributed by atoms with van der Waals surface area (Å²) in [5.41, 5.74) is 1.78. The lowest BCUT2D eigenvalue weighted by atomic mass is 10.1. The second kappa shape index (κ2) is 5.73. The molecule has 0 spiro atoms. The van der Waals surface area contributed by atoms with E-state index in [1.165, 1.54) is 0 Å². The highest BCUT2D eigenvalue weighted by molar-refractivity contribution is 9.10. The zero-order valence-corrected chi connectivity index (χ0v) is 15.3. The van der Waals surface area contributed by atoms with E-state index in [0.717, 1.165) is 21.9 Å². The van der Waals surface area contributed by atoms with Crippen LogP contribution in [0.2, 0.25) is 0 Å². The van der Waals surface area contributed by atoms with Crippen LogP contribution in [0.3, 0.4) is 0 Å². The van der Waals surface area contributed by atoms with Crippen molar-refractivity contribution in [1.82, 2.24) is 4.90 Å². The Hall–Kier alpha value is -1.28. The van der Waals surface area contributed by atoms with Gasteiger partial charge in [-0.05, 0) is 44.0 Å². The first-order valence-electron chi connectivity index (χ1n) is 6.71. The third-order valence-corrected chi connectivity index (χ3v) is 4.27. The van der Waals surface area contributed by atoms with E-state index in [4.69, 9.17) is 4.74 Å². The first-order chi connectivity index (χ1) is 9.94. The van der Waals surface area contributed by atoms with Gasteiger partial charge in [-0.1, -0.05) is 15.9 Å². The van der Waals surface area contributed by atoms with Crippen LogP contribution in [0, 0.1) is 0 Å². The quantitative estimate of drug-likeness (QED) is 0.841. The molecule has 1 aromatic rings. The fourth-order valence-electron chi connectivity index (χ4n) is 2.19. The molecule has 1 amide bonds. The van der Waals surface area contributed by atoms with Crippen LogP contribution in [0.4, 0.5) is 10.5 Å². The minimum absolute atomic E-state index is 0.381. The summed E-state index contributed by atoms with van der Waals surface area (Å²) >= 11 is 3.43. The molecule has 122 valence electrons. The summed E-state index contributed by atoms with van der Waals surface area (Å²) in [6.45, 7) is 6.28. The molecular formula is C14H19BrN2O4S. The topological polar surface area (TPSA) is 75.7 Å². The van der Waals surface area contributed by atoms with Crippen molar-refractivity contribution in [3.05, 3.63) is 27.7 Å². The number of ether oxygens (including phenoxy) is 1. The maximum absolute atomic E-state index is 12.1. The number of anilines is 1. The fraction of sp³-hybridized carbons (Fsp3) is 0.500. The Kier molecular flexibility index (Phi) is 4.45. The first kappa shape index (κ1) is 17.1. The summed E-state index contributed by atoms with van der Waals surface area (Å²) in [7, 11) is -3.34. The highest BCUT2D eigenvalue weighted by Gasteiger charge is 2.29. The summed E-state index contributed by atoms with van der Waals surface area (Å²) in [4.78, 5) is 13.7.